The summed E-state index contributed by atoms with van der Waals surface area (Å²) in [6.45, 7) is 3.82. The van der Waals surface area contributed by atoms with Gasteiger partial charge in [-0.05, 0) is 36.4 Å². The first-order chi connectivity index (χ1) is 11.7. The molecule has 1 aliphatic heterocycles. The minimum atomic E-state index is -0.0167. The molecule has 0 saturated carbocycles. The second kappa shape index (κ2) is 7.66. The smallest absolute Gasteiger partial charge is 0.260 e. The van der Waals surface area contributed by atoms with Crippen molar-refractivity contribution in [1.82, 2.24) is 9.80 Å². The second-order valence-corrected chi connectivity index (χ2v) is 5.66. The van der Waals surface area contributed by atoms with Gasteiger partial charge in [-0.3, -0.25) is 9.69 Å². The Kier molecular flexibility index (Phi) is 5.14. The summed E-state index contributed by atoms with van der Waals surface area (Å²) < 4.78 is 10.9. The number of amides is 1. The molecule has 2 heterocycles. The van der Waals surface area contributed by atoms with Crippen molar-refractivity contribution in [3.8, 4) is 11.8 Å². The molecule has 1 amide bonds. The number of nitrogens with zero attached hydrogens (tertiary/aromatic N) is 3. The van der Waals surface area contributed by atoms with Crippen LogP contribution < -0.4 is 4.74 Å². The van der Waals surface area contributed by atoms with Crippen molar-refractivity contribution in [1.29, 1.82) is 5.26 Å². The van der Waals surface area contributed by atoms with Crippen LogP contribution in [0, 0.1) is 11.3 Å². The van der Waals surface area contributed by atoms with Crippen LogP contribution in [0.2, 0.25) is 0 Å². The number of furan rings is 1. The zero-order valence-electron chi connectivity index (χ0n) is 13.4. The molecule has 1 fully saturated rings. The maximum atomic E-state index is 12.2. The van der Waals surface area contributed by atoms with Gasteiger partial charge in [-0.15, -0.1) is 0 Å². The van der Waals surface area contributed by atoms with Crippen molar-refractivity contribution >= 4 is 5.91 Å². The van der Waals surface area contributed by atoms with Crippen LogP contribution >= 0.6 is 0 Å². The molecule has 1 aromatic carbocycles. The van der Waals surface area contributed by atoms with E-state index in [-0.39, 0.29) is 12.5 Å². The molecule has 0 atom stereocenters. The lowest BCUT2D eigenvalue weighted by Gasteiger charge is -2.34. The minimum Gasteiger partial charge on any atom is -0.484 e. The average Bonchev–Trinajstić information content (AvgIpc) is 3.14. The number of nitriles is 1. The largest absolute Gasteiger partial charge is 0.484 e. The first-order valence-corrected chi connectivity index (χ1v) is 7.90. The van der Waals surface area contributed by atoms with Crippen LogP contribution in [-0.4, -0.2) is 48.5 Å². The summed E-state index contributed by atoms with van der Waals surface area (Å²) in [7, 11) is 0. The SMILES string of the molecule is N#Cc1ccc(OCC(=O)N2CCN(Cc3ccco3)CC2)cc1. The van der Waals surface area contributed by atoms with E-state index in [4.69, 9.17) is 14.4 Å². The molecule has 0 radical (unpaired) electrons. The molecular formula is C18H19N3O3. The predicted octanol–water partition coefficient (Wildman–Crippen LogP) is 1.87. The van der Waals surface area contributed by atoms with E-state index < -0.39 is 0 Å². The molecule has 1 aliphatic rings. The number of ether oxygens (including phenoxy) is 1. The molecule has 6 heteroatoms. The van der Waals surface area contributed by atoms with E-state index in [1.165, 1.54) is 0 Å². The molecule has 0 aliphatic carbocycles. The van der Waals surface area contributed by atoms with Crippen LogP contribution in [0.4, 0.5) is 0 Å². The number of piperazine rings is 1. The molecule has 6 nitrogen and oxygen atoms in total. The van der Waals surface area contributed by atoms with Gasteiger partial charge in [0, 0.05) is 26.2 Å². The molecule has 0 bridgehead atoms. The summed E-state index contributed by atoms with van der Waals surface area (Å²) in [6.07, 6.45) is 1.68. The molecule has 3 rings (SSSR count). The lowest BCUT2D eigenvalue weighted by molar-refractivity contribution is -0.135. The minimum absolute atomic E-state index is 0.0167. The fourth-order valence-corrected chi connectivity index (χ4v) is 2.64. The standard InChI is InChI=1S/C18H19N3O3/c19-12-15-3-5-16(6-4-15)24-14-18(22)21-9-7-20(8-10-21)13-17-2-1-11-23-17/h1-6,11H,7-10,13-14H2. The highest BCUT2D eigenvalue weighted by Gasteiger charge is 2.21. The third-order valence-corrected chi connectivity index (χ3v) is 4.03. The van der Waals surface area contributed by atoms with Crippen molar-refractivity contribution in [2.45, 2.75) is 6.54 Å². The van der Waals surface area contributed by atoms with Crippen molar-refractivity contribution in [2.75, 3.05) is 32.8 Å². The van der Waals surface area contributed by atoms with Crippen molar-refractivity contribution in [3.05, 3.63) is 54.0 Å². The Morgan fingerprint density at radius 2 is 1.92 bits per heavy atom. The Morgan fingerprint density at radius 3 is 2.54 bits per heavy atom. The monoisotopic (exact) mass is 325 g/mol. The number of hydrogen-bond acceptors (Lipinski definition) is 5. The summed E-state index contributed by atoms with van der Waals surface area (Å²) in [6, 6.07) is 12.6. The van der Waals surface area contributed by atoms with Gasteiger partial charge in [-0.1, -0.05) is 0 Å². The highest BCUT2D eigenvalue weighted by atomic mass is 16.5. The number of hydrogen-bond donors (Lipinski definition) is 0. The first-order valence-electron chi connectivity index (χ1n) is 7.90. The third-order valence-electron chi connectivity index (χ3n) is 4.03. The van der Waals surface area contributed by atoms with Gasteiger partial charge in [0.15, 0.2) is 6.61 Å². The Labute approximate surface area is 140 Å². The Hall–Kier alpha value is -2.78. The summed E-state index contributed by atoms with van der Waals surface area (Å²) in [5, 5.41) is 8.76. The number of rotatable bonds is 5. The van der Waals surface area contributed by atoms with Gasteiger partial charge < -0.3 is 14.1 Å². The van der Waals surface area contributed by atoms with E-state index in [2.05, 4.69) is 4.90 Å². The Bertz CT molecular complexity index is 696. The molecule has 1 saturated heterocycles. The third kappa shape index (κ3) is 4.15. The van der Waals surface area contributed by atoms with Gasteiger partial charge in [-0.25, -0.2) is 0 Å². The molecule has 124 valence electrons. The van der Waals surface area contributed by atoms with E-state index in [1.54, 1.807) is 30.5 Å². The maximum Gasteiger partial charge on any atom is 0.260 e. The normalized spacial score (nSPS) is 15.0. The number of carbonyl (C=O) groups excluding carboxylic acids is 1. The van der Waals surface area contributed by atoms with Crippen LogP contribution in [0.15, 0.2) is 47.1 Å². The van der Waals surface area contributed by atoms with Crippen molar-refractivity contribution in [3.63, 3.8) is 0 Å². The summed E-state index contributed by atoms with van der Waals surface area (Å²) in [5.74, 6) is 1.52. The van der Waals surface area contributed by atoms with Gasteiger partial charge in [-0.2, -0.15) is 5.26 Å². The van der Waals surface area contributed by atoms with Crippen LogP contribution in [-0.2, 0) is 11.3 Å². The topological polar surface area (TPSA) is 69.7 Å². The predicted molar refractivity (Wildman–Crippen MR) is 87.2 cm³/mol. The Morgan fingerprint density at radius 1 is 1.17 bits per heavy atom. The zero-order chi connectivity index (χ0) is 16.8. The van der Waals surface area contributed by atoms with Crippen LogP contribution in [0.3, 0.4) is 0 Å². The Balaban J connectivity index is 1.42. The second-order valence-electron chi connectivity index (χ2n) is 5.66. The first kappa shape index (κ1) is 16.1. The van der Waals surface area contributed by atoms with Crippen molar-refractivity contribution < 1.29 is 13.9 Å². The number of carbonyl (C=O) groups is 1. The van der Waals surface area contributed by atoms with E-state index in [1.807, 2.05) is 23.1 Å². The fourth-order valence-electron chi connectivity index (χ4n) is 2.64. The average molecular weight is 325 g/mol. The van der Waals surface area contributed by atoms with Crippen LogP contribution in [0.1, 0.15) is 11.3 Å². The molecule has 24 heavy (non-hydrogen) atoms. The van der Waals surface area contributed by atoms with E-state index in [9.17, 15) is 4.79 Å². The van der Waals surface area contributed by atoms with Gasteiger partial charge in [0.2, 0.25) is 0 Å². The molecule has 1 aromatic heterocycles. The van der Waals surface area contributed by atoms with E-state index in [0.717, 1.165) is 25.4 Å². The molecule has 0 spiro atoms. The van der Waals surface area contributed by atoms with Gasteiger partial charge in [0.25, 0.3) is 5.91 Å². The van der Waals surface area contributed by atoms with Gasteiger partial charge in [0.1, 0.15) is 11.5 Å². The quantitative estimate of drug-likeness (QED) is 0.839. The van der Waals surface area contributed by atoms with Gasteiger partial charge in [0.05, 0.1) is 24.4 Å². The molecule has 2 aromatic rings. The number of benzene rings is 1. The van der Waals surface area contributed by atoms with Crippen molar-refractivity contribution in [2.24, 2.45) is 0 Å². The zero-order valence-corrected chi connectivity index (χ0v) is 13.4. The fraction of sp³-hybridized carbons (Fsp3) is 0.333. The molecule has 0 unspecified atom stereocenters. The van der Waals surface area contributed by atoms with E-state index in [0.29, 0.717) is 24.4 Å². The van der Waals surface area contributed by atoms with Crippen LogP contribution in [0.5, 0.6) is 5.75 Å². The lowest BCUT2D eigenvalue weighted by Crippen LogP contribution is -2.49. The van der Waals surface area contributed by atoms with Gasteiger partial charge >= 0.3 is 0 Å². The highest BCUT2D eigenvalue weighted by molar-refractivity contribution is 5.77. The maximum absolute atomic E-state index is 12.2. The highest BCUT2D eigenvalue weighted by Crippen LogP contribution is 2.13. The van der Waals surface area contributed by atoms with E-state index >= 15 is 0 Å². The lowest BCUT2D eigenvalue weighted by atomic mass is 10.2. The molecular weight excluding hydrogens is 306 g/mol. The summed E-state index contributed by atoms with van der Waals surface area (Å²) in [5.41, 5.74) is 0.571. The molecule has 0 N–H and O–H groups in total. The summed E-state index contributed by atoms with van der Waals surface area (Å²) in [4.78, 5) is 16.3. The van der Waals surface area contributed by atoms with Crippen LogP contribution in [0.25, 0.3) is 0 Å². The summed E-state index contributed by atoms with van der Waals surface area (Å²) >= 11 is 0.